The topological polar surface area (TPSA) is 178 Å². The molecule has 0 aromatic rings. The molecular weight excluding hydrogens is 957 g/mol. The van der Waals surface area contributed by atoms with Gasteiger partial charge >= 0.3 is 16.4 Å². The minimum absolute atomic E-state index is 0.0171. The fourth-order valence-corrected chi connectivity index (χ4v) is 8.41. The van der Waals surface area contributed by atoms with Gasteiger partial charge in [-0.15, -0.1) is 0 Å². The summed E-state index contributed by atoms with van der Waals surface area (Å²) in [6, 6.07) is 0. The van der Waals surface area contributed by atoms with Crippen molar-refractivity contribution in [1.82, 2.24) is 0 Å². The minimum Gasteiger partial charge on any atom is -0.457 e. The molecule has 1 saturated heterocycles. The number of hydrogen-bond acceptors (Lipinski definition) is 11. The fraction of sp³-hybridized carbons (Fsp3) is 0.656. The molecule has 74 heavy (non-hydrogen) atoms. The molecule has 0 aromatic carbocycles. The van der Waals surface area contributed by atoms with Crippen LogP contribution < -0.4 is 0 Å². The van der Waals surface area contributed by atoms with Crippen molar-refractivity contribution in [3.8, 4) is 0 Å². The first kappa shape index (κ1) is 68.5. The monoisotopic (exact) mass is 1060 g/mol. The van der Waals surface area contributed by atoms with E-state index in [9.17, 15) is 33.1 Å². The van der Waals surface area contributed by atoms with Gasteiger partial charge < -0.3 is 34.3 Å². The highest BCUT2D eigenvalue weighted by molar-refractivity contribution is 7.80. The van der Waals surface area contributed by atoms with Gasteiger partial charge in [0, 0.05) is 13.0 Å². The standard InChI is InChI=1S/C61H100O12S/c1-3-5-7-9-11-13-15-17-19-21-23-25-27-28-29-30-32-34-36-38-40-42-44-46-48-50-57(63)71-55(54-70-61-59(65)60(73-74(66,67)68)58(64)56(52-62)72-61)53-69-51-49-47-45-43-41-39-37-35-33-31-26-24-22-20-18-16-14-12-10-8-6-4-2/h5-8,11-14,17-20,23-26,28-29,32,34,55-56,58-62,64-65H,3-4,9-10,15-16,21-22,27,30-31,33,35-54H2,1-2H3,(H,66,67,68)/b7-5-,8-6-,13-11-,14-12-,19-17-,20-18-,25-23-,26-24-,29-28-,34-32-. The van der Waals surface area contributed by atoms with Crippen molar-refractivity contribution in [1.29, 1.82) is 0 Å². The number of carbonyl (C=O) groups is 1. The summed E-state index contributed by atoms with van der Waals surface area (Å²) in [5, 5.41) is 30.8. The van der Waals surface area contributed by atoms with Gasteiger partial charge in [-0.05, 0) is 103 Å². The molecule has 1 aliphatic heterocycles. The third-order valence-electron chi connectivity index (χ3n) is 12.1. The summed E-state index contributed by atoms with van der Waals surface area (Å²) < 4.78 is 59.4. The van der Waals surface area contributed by atoms with Crippen molar-refractivity contribution in [2.45, 2.75) is 230 Å². The lowest BCUT2D eigenvalue weighted by Crippen LogP contribution is -2.60. The maximum atomic E-state index is 13.0. The Morgan fingerprint density at radius 2 is 0.892 bits per heavy atom. The summed E-state index contributed by atoms with van der Waals surface area (Å²) in [6.45, 7) is 3.73. The molecule has 6 unspecified atom stereocenters. The lowest BCUT2D eigenvalue weighted by Gasteiger charge is -2.41. The second-order valence-corrected chi connectivity index (χ2v) is 19.8. The molecule has 0 radical (unpaired) electrons. The predicted molar refractivity (Wildman–Crippen MR) is 303 cm³/mol. The molecule has 0 bridgehead atoms. The molecule has 0 amide bonds. The average molecular weight is 1060 g/mol. The molecule has 1 aliphatic rings. The first-order valence-electron chi connectivity index (χ1n) is 28.3. The zero-order chi connectivity index (χ0) is 53.8. The molecule has 1 rings (SSSR count). The van der Waals surface area contributed by atoms with E-state index in [1.807, 2.05) is 0 Å². The number of hydrogen-bond donors (Lipinski definition) is 4. The van der Waals surface area contributed by atoms with Gasteiger partial charge in [0.2, 0.25) is 0 Å². The molecule has 0 saturated carbocycles. The number of ether oxygens (including phenoxy) is 4. The van der Waals surface area contributed by atoms with Crippen LogP contribution >= 0.6 is 0 Å². The van der Waals surface area contributed by atoms with E-state index in [4.69, 9.17) is 18.9 Å². The number of aliphatic hydroxyl groups excluding tert-OH is 3. The van der Waals surface area contributed by atoms with Gasteiger partial charge in [0.1, 0.15) is 30.5 Å². The van der Waals surface area contributed by atoms with Crippen LogP contribution in [0, 0.1) is 0 Å². The molecule has 0 aromatic heterocycles. The van der Waals surface area contributed by atoms with E-state index >= 15 is 0 Å². The first-order valence-corrected chi connectivity index (χ1v) is 29.7. The molecule has 4 N–H and O–H groups in total. The van der Waals surface area contributed by atoms with Crippen molar-refractivity contribution < 1.29 is 56.2 Å². The van der Waals surface area contributed by atoms with Crippen LogP contribution in [-0.4, -0.2) is 97.5 Å². The van der Waals surface area contributed by atoms with Crippen LogP contribution in [0.3, 0.4) is 0 Å². The number of esters is 1. The van der Waals surface area contributed by atoms with E-state index in [0.717, 1.165) is 128 Å². The second kappa shape index (κ2) is 50.3. The van der Waals surface area contributed by atoms with Gasteiger partial charge in [-0.1, -0.05) is 206 Å². The summed E-state index contributed by atoms with van der Waals surface area (Å²) in [5.74, 6) is -0.420. The summed E-state index contributed by atoms with van der Waals surface area (Å²) in [6.07, 6.45) is 63.6. The van der Waals surface area contributed by atoms with Gasteiger partial charge in [0.05, 0.1) is 19.8 Å². The molecule has 12 nitrogen and oxygen atoms in total. The number of carbonyl (C=O) groups excluding carboxylic acids is 1. The Labute approximate surface area is 449 Å². The zero-order valence-corrected chi connectivity index (χ0v) is 46.4. The van der Waals surface area contributed by atoms with E-state index in [0.29, 0.717) is 13.0 Å². The van der Waals surface area contributed by atoms with Gasteiger partial charge in [-0.3, -0.25) is 9.35 Å². The Hall–Kier alpha value is -3.50. The predicted octanol–water partition coefficient (Wildman–Crippen LogP) is 14.1. The third-order valence-corrected chi connectivity index (χ3v) is 12.5. The summed E-state index contributed by atoms with van der Waals surface area (Å²) in [7, 11) is -5.08. The fourth-order valence-electron chi connectivity index (χ4n) is 7.90. The van der Waals surface area contributed by atoms with Crippen molar-refractivity contribution >= 4 is 16.4 Å². The highest BCUT2D eigenvalue weighted by atomic mass is 32.3. The van der Waals surface area contributed by atoms with Gasteiger partial charge in [0.25, 0.3) is 0 Å². The molecule has 13 heteroatoms. The first-order chi connectivity index (χ1) is 36.1. The van der Waals surface area contributed by atoms with E-state index in [-0.39, 0.29) is 19.6 Å². The van der Waals surface area contributed by atoms with Crippen LogP contribution in [0.1, 0.15) is 194 Å². The van der Waals surface area contributed by atoms with Crippen LogP contribution in [0.4, 0.5) is 0 Å². The number of allylic oxidation sites excluding steroid dienone is 20. The number of unbranched alkanes of at least 4 members (excludes halogenated alkanes) is 15. The SMILES string of the molecule is CC/C=C\C/C=C\C/C=C\C/C=C\C/C=C\C/C=C\CCCCCCCCC(=O)OC(COCCCCCCCCCCC/C=C\C/C=C\C/C=C\C/C=C\CC)COC1OC(CO)C(O)C(OS(=O)(=O)O)C1O. The van der Waals surface area contributed by atoms with Crippen molar-refractivity contribution in [3.05, 3.63) is 122 Å². The number of rotatable bonds is 48. The van der Waals surface area contributed by atoms with Crippen molar-refractivity contribution in [2.24, 2.45) is 0 Å². The van der Waals surface area contributed by atoms with Crippen LogP contribution in [0.15, 0.2) is 122 Å². The Morgan fingerprint density at radius 3 is 1.30 bits per heavy atom. The van der Waals surface area contributed by atoms with E-state index in [1.54, 1.807) is 0 Å². The molecule has 0 aliphatic carbocycles. The molecular formula is C61H100O12S. The Balaban J connectivity index is 2.35. The lowest BCUT2D eigenvalue weighted by molar-refractivity contribution is -0.301. The van der Waals surface area contributed by atoms with E-state index in [2.05, 4.69) is 140 Å². The quantitative estimate of drug-likeness (QED) is 0.0196. The normalized spacial score (nSPS) is 19.7. The lowest BCUT2D eigenvalue weighted by atomic mass is 9.99. The number of aliphatic hydroxyl groups is 3. The highest BCUT2D eigenvalue weighted by Crippen LogP contribution is 2.26. The van der Waals surface area contributed by atoms with E-state index in [1.165, 1.54) is 38.5 Å². The minimum atomic E-state index is -5.08. The van der Waals surface area contributed by atoms with Crippen LogP contribution in [-0.2, 0) is 38.3 Å². The Morgan fingerprint density at radius 1 is 0.514 bits per heavy atom. The molecule has 422 valence electrons. The largest absolute Gasteiger partial charge is 0.457 e. The molecule has 1 fully saturated rings. The molecule has 6 atom stereocenters. The molecule has 0 spiro atoms. The summed E-state index contributed by atoms with van der Waals surface area (Å²) >= 11 is 0. The third kappa shape index (κ3) is 42.7. The van der Waals surface area contributed by atoms with Crippen LogP contribution in [0.5, 0.6) is 0 Å². The van der Waals surface area contributed by atoms with E-state index < -0.39 is 59.8 Å². The zero-order valence-electron chi connectivity index (χ0n) is 45.6. The van der Waals surface area contributed by atoms with Crippen molar-refractivity contribution in [2.75, 3.05) is 26.4 Å². The summed E-state index contributed by atoms with van der Waals surface area (Å²) in [4.78, 5) is 13.0. The second-order valence-electron chi connectivity index (χ2n) is 18.8. The summed E-state index contributed by atoms with van der Waals surface area (Å²) in [5.41, 5.74) is 0. The van der Waals surface area contributed by atoms with Gasteiger partial charge in [-0.2, -0.15) is 8.42 Å². The molecule has 1 heterocycles. The van der Waals surface area contributed by atoms with Gasteiger partial charge in [-0.25, -0.2) is 4.18 Å². The van der Waals surface area contributed by atoms with Crippen molar-refractivity contribution in [3.63, 3.8) is 0 Å². The maximum Gasteiger partial charge on any atom is 0.397 e. The van der Waals surface area contributed by atoms with Crippen LogP contribution in [0.25, 0.3) is 0 Å². The maximum absolute atomic E-state index is 13.0. The Kier molecular flexibility index (Phi) is 46.6. The van der Waals surface area contributed by atoms with Crippen LogP contribution in [0.2, 0.25) is 0 Å². The smallest absolute Gasteiger partial charge is 0.397 e. The Bertz CT molecular complexity index is 1740. The highest BCUT2D eigenvalue weighted by Gasteiger charge is 2.48. The van der Waals surface area contributed by atoms with Gasteiger partial charge in [0.15, 0.2) is 6.29 Å². The average Bonchev–Trinajstić information content (AvgIpc) is 3.38.